The Morgan fingerprint density at radius 1 is 1.38 bits per heavy atom. The van der Waals surface area contributed by atoms with Crippen LogP contribution >= 0.6 is 11.3 Å². The maximum absolute atomic E-state index is 8.58. The second-order valence-corrected chi connectivity index (χ2v) is 4.31. The highest BCUT2D eigenvalue weighted by Crippen LogP contribution is 2.26. The molecule has 0 radical (unpaired) electrons. The molecular weight excluding hydrogens is 220 g/mol. The van der Waals surface area contributed by atoms with Crippen LogP contribution in [-0.2, 0) is 6.42 Å². The predicted molar refractivity (Wildman–Crippen MR) is 63.4 cm³/mol. The fourth-order valence-corrected chi connectivity index (χ4v) is 2.18. The smallest absolute Gasteiger partial charge is 0.123 e. The summed E-state index contributed by atoms with van der Waals surface area (Å²) in [5.41, 5.74) is 1.05. The summed E-state index contributed by atoms with van der Waals surface area (Å²) in [4.78, 5) is 5.28. The number of ether oxygens (including phenoxy) is 1. The predicted octanol–water partition coefficient (Wildman–Crippen LogP) is 2.88. The molecule has 0 aliphatic carbocycles. The van der Waals surface area contributed by atoms with Crippen LogP contribution in [0.5, 0.6) is 5.75 Å². The highest BCUT2D eigenvalue weighted by atomic mass is 32.1. The minimum Gasteiger partial charge on any atom is -0.497 e. The Hall–Kier alpha value is -1.86. The Bertz CT molecular complexity index is 511. The topological polar surface area (TPSA) is 45.9 Å². The second kappa shape index (κ2) is 4.77. The summed E-state index contributed by atoms with van der Waals surface area (Å²) in [5.74, 6) is 0.831. The van der Waals surface area contributed by atoms with Gasteiger partial charge in [-0.15, -0.1) is 11.3 Å². The molecule has 0 spiro atoms. The van der Waals surface area contributed by atoms with E-state index in [-0.39, 0.29) is 0 Å². The Labute approximate surface area is 97.9 Å². The molecule has 2 rings (SSSR count). The second-order valence-electron chi connectivity index (χ2n) is 3.20. The molecule has 4 heteroatoms. The zero-order valence-corrected chi connectivity index (χ0v) is 9.62. The van der Waals surface area contributed by atoms with E-state index in [0.717, 1.165) is 21.2 Å². The molecule has 1 heterocycles. The van der Waals surface area contributed by atoms with E-state index in [9.17, 15) is 0 Å². The average Bonchev–Trinajstić information content (AvgIpc) is 2.78. The van der Waals surface area contributed by atoms with Crippen LogP contribution in [0.4, 0.5) is 0 Å². The molecule has 0 N–H and O–H groups in total. The summed E-state index contributed by atoms with van der Waals surface area (Å²) < 4.78 is 5.09. The number of methoxy groups -OCH3 is 1. The van der Waals surface area contributed by atoms with E-state index in [1.165, 1.54) is 0 Å². The zero-order valence-electron chi connectivity index (χ0n) is 8.80. The molecule has 0 bridgehead atoms. The largest absolute Gasteiger partial charge is 0.497 e. The van der Waals surface area contributed by atoms with E-state index in [0.29, 0.717) is 6.42 Å². The van der Waals surface area contributed by atoms with Crippen molar-refractivity contribution in [2.24, 2.45) is 0 Å². The maximum Gasteiger partial charge on any atom is 0.123 e. The highest BCUT2D eigenvalue weighted by Gasteiger charge is 2.04. The molecule has 80 valence electrons. The van der Waals surface area contributed by atoms with Crippen molar-refractivity contribution >= 4 is 11.3 Å². The van der Waals surface area contributed by atoms with Gasteiger partial charge in [-0.3, -0.25) is 0 Å². The highest BCUT2D eigenvalue weighted by molar-refractivity contribution is 7.15. The number of rotatable bonds is 3. The van der Waals surface area contributed by atoms with Crippen molar-refractivity contribution < 1.29 is 4.74 Å². The number of hydrogen-bond donors (Lipinski definition) is 0. The molecular formula is C12H10N2OS. The lowest BCUT2D eigenvalue weighted by Crippen LogP contribution is -1.81. The maximum atomic E-state index is 8.58. The van der Waals surface area contributed by atoms with Crippen molar-refractivity contribution in [3.8, 4) is 22.4 Å². The lowest BCUT2D eigenvalue weighted by Gasteiger charge is -1.99. The minimum atomic E-state index is 0.424. The molecule has 1 aromatic carbocycles. The van der Waals surface area contributed by atoms with Crippen molar-refractivity contribution in [1.29, 1.82) is 5.26 Å². The van der Waals surface area contributed by atoms with Gasteiger partial charge < -0.3 is 4.74 Å². The van der Waals surface area contributed by atoms with E-state index in [2.05, 4.69) is 11.1 Å². The fourth-order valence-electron chi connectivity index (χ4n) is 1.33. The van der Waals surface area contributed by atoms with Crippen LogP contribution < -0.4 is 4.74 Å². The molecule has 0 fully saturated rings. The average molecular weight is 230 g/mol. The third-order valence-corrected chi connectivity index (χ3v) is 3.19. The molecule has 0 atom stereocenters. The summed E-state index contributed by atoms with van der Waals surface area (Å²) in [6.45, 7) is 0. The molecule has 0 saturated carbocycles. The summed E-state index contributed by atoms with van der Waals surface area (Å²) >= 11 is 1.55. The Kier molecular flexibility index (Phi) is 3.18. The number of hydrogen-bond acceptors (Lipinski definition) is 4. The SMILES string of the molecule is COc1ccc(-c2ncc(CC#N)s2)cc1. The summed E-state index contributed by atoms with van der Waals surface area (Å²) in [5, 5.41) is 9.52. The molecule has 3 nitrogen and oxygen atoms in total. The van der Waals surface area contributed by atoms with Crippen LogP contribution in [0, 0.1) is 11.3 Å². The van der Waals surface area contributed by atoms with Crippen molar-refractivity contribution in [3.63, 3.8) is 0 Å². The Morgan fingerprint density at radius 2 is 2.12 bits per heavy atom. The van der Waals surface area contributed by atoms with Gasteiger partial charge in [-0.05, 0) is 24.3 Å². The van der Waals surface area contributed by atoms with Gasteiger partial charge in [0, 0.05) is 16.6 Å². The molecule has 2 aromatic rings. The van der Waals surface area contributed by atoms with Crippen LogP contribution in [0.1, 0.15) is 4.88 Å². The van der Waals surface area contributed by atoms with E-state index >= 15 is 0 Å². The van der Waals surface area contributed by atoms with Gasteiger partial charge in [0.25, 0.3) is 0 Å². The van der Waals surface area contributed by atoms with Gasteiger partial charge in [-0.2, -0.15) is 5.26 Å². The van der Waals surface area contributed by atoms with E-state index in [1.54, 1.807) is 24.6 Å². The molecule has 1 aromatic heterocycles. The molecule has 16 heavy (non-hydrogen) atoms. The monoisotopic (exact) mass is 230 g/mol. The first-order valence-electron chi connectivity index (χ1n) is 4.79. The Balaban J connectivity index is 2.25. The van der Waals surface area contributed by atoms with E-state index < -0.39 is 0 Å². The van der Waals surface area contributed by atoms with Crippen molar-refractivity contribution in [2.45, 2.75) is 6.42 Å². The van der Waals surface area contributed by atoms with E-state index in [4.69, 9.17) is 10.00 Å². The van der Waals surface area contributed by atoms with Crippen molar-refractivity contribution in [3.05, 3.63) is 35.3 Å². The quantitative estimate of drug-likeness (QED) is 0.814. The molecule has 0 amide bonds. The third-order valence-electron chi connectivity index (χ3n) is 2.14. The molecule has 0 aliphatic heterocycles. The van der Waals surface area contributed by atoms with Gasteiger partial charge in [-0.25, -0.2) is 4.98 Å². The van der Waals surface area contributed by atoms with Gasteiger partial charge in [0.15, 0.2) is 0 Å². The number of nitriles is 1. The number of nitrogens with zero attached hydrogens (tertiary/aromatic N) is 2. The van der Waals surface area contributed by atoms with Crippen molar-refractivity contribution in [1.82, 2.24) is 4.98 Å². The lowest BCUT2D eigenvalue weighted by atomic mass is 10.2. The zero-order chi connectivity index (χ0) is 11.4. The summed E-state index contributed by atoms with van der Waals surface area (Å²) in [6.07, 6.45) is 2.18. The first-order chi connectivity index (χ1) is 7.83. The fraction of sp³-hybridized carbons (Fsp3) is 0.167. The van der Waals surface area contributed by atoms with Crippen molar-refractivity contribution in [2.75, 3.05) is 7.11 Å². The van der Waals surface area contributed by atoms with Crippen LogP contribution in [0.25, 0.3) is 10.6 Å². The van der Waals surface area contributed by atoms with Gasteiger partial charge in [-0.1, -0.05) is 0 Å². The minimum absolute atomic E-state index is 0.424. The Morgan fingerprint density at radius 3 is 2.75 bits per heavy atom. The van der Waals surface area contributed by atoms with Crippen LogP contribution in [0.2, 0.25) is 0 Å². The van der Waals surface area contributed by atoms with Gasteiger partial charge in [0.2, 0.25) is 0 Å². The number of thiazole rings is 1. The van der Waals surface area contributed by atoms with E-state index in [1.807, 2.05) is 24.3 Å². The lowest BCUT2D eigenvalue weighted by molar-refractivity contribution is 0.415. The number of benzene rings is 1. The first kappa shape index (κ1) is 10.7. The van der Waals surface area contributed by atoms with Gasteiger partial charge >= 0.3 is 0 Å². The molecule has 0 unspecified atom stereocenters. The summed E-state index contributed by atoms with van der Waals surface area (Å²) in [6, 6.07) is 9.86. The van der Waals surface area contributed by atoms with Crippen LogP contribution in [0.15, 0.2) is 30.5 Å². The molecule has 0 saturated heterocycles. The normalized spacial score (nSPS) is 9.75. The van der Waals surface area contributed by atoms with Gasteiger partial charge in [0.05, 0.1) is 19.6 Å². The number of aromatic nitrogens is 1. The standard InChI is InChI=1S/C12H10N2OS/c1-15-10-4-2-9(3-5-10)12-14-8-11(16-12)6-7-13/h2-5,8H,6H2,1H3. The first-order valence-corrected chi connectivity index (χ1v) is 5.61. The molecule has 0 aliphatic rings. The van der Waals surface area contributed by atoms with Crippen LogP contribution in [-0.4, -0.2) is 12.1 Å². The van der Waals surface area contributed by atoms with Crippen LogP contribution in [0.3, 0.4) is 0 Å². The third kappa shape index (κ3) is 2.20. The summed E-state index contributed by atoms with van der Waals surface area (Å²) in [7, 11) is 1.64. The van der Waals surface area contributed by atoms with Gasteiger partial charge in [0.1, 0.15) is 10.8 Å².